The molecule has 1 aliphatic heterocycles. The number of ether oxygens (including phenoxy) is 2. The van der Waals surface area contributed by atoms with Crippen molar-refractivity contribution in [2.24, 2.45) is 5.41 Å². The maximum absolute atomic E-state index is 13.4. The zero-order valence-electron chi connectivity index (χ0n) is 20.5. The smallest absolute Gasteiger partial charge is 0.344 e. The Morgan fingerprint density at radius 1 is 0.806 bits per heavy atom. The topological polar surface area (TPSA) is 107 Å². The maximum atomic E-state index is 13.4. The summed E-state index contributed by atoms with van der Waals surface area (Å²) in [6.07, 6.45) is 0.426. The highest BCUT2D eigenvalue weighted by Gasteiger charge is 2.59. The van der Waals surface area contributed by atoms with Crippen molar-refractivity contribution >= 4 is 29.4 Å². The van der Waals surface area contributed by atoms with E-state index in [4.69, 9.17) is 9.47 Å². The van der Waals surface area contributed by atoms with Crippen LogP contribution in [0.2, 0.25) is 0 Å². The normalized spacial score (nSPS) is 18.5. The molecule has 0 saturated heterocycles. The number of amides is 1. The van der Waals surface area contributed by atoms with Gasteiger partial charge in [-0.25, -0.2) is 9.59 Å². The monoisotopic (exact) mass is 489 g/mol. The van der Waals surface area contributed by atoms with Crippen LogP contribution in [0.4, 0.5) is 0 Å². The first-order valence-corrected chi connectivity index (χ1v) is 12.1. The van der Waals surface area contributed by atoms with E-state index in [1.54, 1.807) is 38.1 Å². The fraction of sp³-hybridized carbons (Fsp3) is 0.393. The largest absolute Gasteiger partial charge is 0.464 e. The predicted molar refractivity (Wildman–Crippen MR) is 127 cm³/mol. The molecular weight excluding hydrogens is 462 g/mol. The van der Waals surface area contributed by atoms with Crippen LogP contribution in [0.3, 0.4) is 0 Å². The number of hydrogen-bond donors (Lipinski definition) is 0. The number of hydrogen-bond acceptors (Lipinski definition) is 7. The van der Waals surface area contributed by atoms with E-state index in [0.717, 1.165) is 16.7 Å². The number of carbonyl (C=O) groups is 5. The van der Waals surface area contributed by atoms with E-state index in [9.17, 15) is 24.0 Å². The molecule has 0 saturated carbocycles. The first-order chi connectivity index (χ1) is 17.2. The molecule has 8 heteroatoms. The van der Waals surface area contributed by atoms with Gasteiger partial charge in [0, 0.05) is 31.0 Å². The van der Waals surface area contributed by atoms with E-state index >= 15 is 0 Å². The lowest BCUT2D eigenvalue weighted by Crippen LogP contribution is -2.65. The van der Waals surface area contributed by atoms with E-state index in [-0.39, 0.29) is 50.6 Å². The summed E-state index contributed by atoms with van der Waals surface area (Å²) in [7, 11) is 0. The molecule has 0 N–H and O–H groups in total. The second-order valence-electron chi connectivity index (χ2n) is 9.61. The van der Waals surface area contributed by atoms with Crippen molar-refractivity contribution in [3.05, 3.63) is 69.8 Å². The summed E-state index contributed by atoms with van der Waals surface area (Å²) >= 11 is 0. The molecule has 0 atom stereocenters. The highest BCUT2D eigenvalue weighted by molar-refractivity contribution is 6.30. The number of nitrogens with zero attached hydrogens (tertiary/aromatic N) is 1. The van der Waals surface area contributed by atoms with Crippen molar-refractivity contribution in [3.8, 4) is 0 Å². The number of carbonyl (C=O) groups excluding carboxylic acids is 5. The minimum Gasteiger partial charge on any atom is -0.464 e. The van der Waals surface area contributed by atoms with Gasteiger partial charge in [-0.3, -0.25) is 14.4 Å². The van der Waals surface area contributed by atoms with Crippen LogP contribution < -0.4 is 0 Å². The molecule has 0 bridgehead atoms. The molecule has 0 radical (unpaired) electrons. The van der Waals surface area contributed by atoms with Crippen LogP contribution in [0.15, 0.2) is 36.4 Å². The van der Waals surface area contributed by atoms with Gasteiger partial charge in [0.1, 0.15) is 5.41 Å². The number of esters is 2. The molecule has 1 heterocycles. The van der Waals surface area contributed by atoms with Gasteiger partial charge in [-0.2, -0.15) is 0 Å². The second kappa shape index (κ2) is 8.40. The first-order valence-electron chi connectivity index (χ1n) is 12.1. The minimum atomic E-state index is -1.94. The van der Waals surface area contributed by atoms with E-state index < -0.39 is 28.8 Å². The molecule has 1 amide bonds. The molecule has 2 aromatic rings. The summed E-state index contributed by atoms with van der Waals surface area (Å²) in [6.45, 7) is 4.64. The Morgan fingerprint density at radius 2 is 1.28 bits per heavy atom. The SMILES string of the molecule is CCOC(=O)C1(C(=O)OCC)Cc2cc3c(cc2CN1C(C)=O)CC1(C3)C(=O)c2ccccc2C1=O. The van der Waals surface area contributed by atoms with Gasteiger partial charge in [-0.1, -0.05) is 36.4 Å². The van der Waals surface area contributed by atoms with E-state index in [1.165, 1.54) is 11.8 Å². The third kappa shape index (κ3) is 3.16. The van der Waals surface area contributed by atoms with E-state index in [1.807, 2.05) is 12.1 Å². The lowest BCUT2D eigenvalue weighted by molar-refractivity contribution is -0.180. The van der Waals surface area contributed by atoms with Crippen molar-refractivity contribution in [3.63, 3.8) is 0 Å². The Balaban J connectivity index is 1.58. The maximum Gasteiger partial charge on any atom is 0.344 e. The standard InChI is InChI=1S/C28H27NO7/c1-4-35-25(33)28(26(34)36-5-2)14-19-10-17-12-27(13-18(17)11-20(19)15-29(28)16(3)30)23(31)21-8-6-7-9-22(21)24(27)32/h6-11H,4-5,12-15H2,1-3H3. The number of fused-ring (bicyclic) bond motifs is 3. The molecule has 36 heavy (non-hydrogen) atoms. The predicted octanol–water partition coefficient (Wildman–Crippen LogP) is 2.62. The van der Waals surface area contributed by atoms with Crippen molar-refractivity contribution in [2.75, 3.05) is 13.2 Å². The minimum absolute atomic E-state index is 0.00466. The number of rotatable bonds is 4. The summed E-state index contributed by atoms with van der Waals surface area (Å²) in [4.78, 5) is 67.1. The Hall–Kier alpha value is -3.81. The Labute approximate surface area is 208 Å². The van der Waals surface area contributed by atoms with Crippen molar-refractivity contribution in [2.45, 2.75) is 52.1 Å². The molecule has 186 valence electrons. The number of benzene rings is 2. The van der Waals surface area contributed by atoms with Gasteiger partial charge in [-0.05, 0) is 48.9 Å². The quantitative estimate of drug-likeness (QED) is 0.480. The van der Waals surface area contributed by atoms with E-state index in [2.05, 4.69) is 0 Å². The zero-order chi connectivity index (χ0) is 25.8. The van der Waals surface area contributed by atoms with Crippen molar-refractivity contribution in [1.29, 1.82) is 0 Å². The van der Waals surface area contributed by atoms with Gasteiger partial charge in [0.2, 0.25) is 11.4 Å². The number of Topliss-reactive ketones (excluding diaryl/α,β-unsaturated/α-hetero) is 2. The summed E-state index contributed by atoms with van der Waals surface area (Å²) in [5.74, 6) is -2.48. The number of ketones is 2. The summed E-state index contributed by atoms with van der Waals surface area (Å²) in [5, 5.41) is 0. The van der Waals surface area contributed by atoms with Crippen LogP contribution in [0.5, 0.6) is 0 Å². The molecule has 0 aromatic heterocycles. The lowest BCUT2D eigenvalue weighted by Gasteiger charge is -2.43. The molecule has 3 aliphatic rings. The fourth-order valence-electron chi connectivity index (χ4n) is 5.97. The third-order valence-electron chi connectivity index (χ3n) is 7.63. The van der Waals surface area contributed by atoms with Crippen molar-refractivity contribution in [1.82, 2.24) is 4.90 Å². The molecular formula is C28H27NO7. The molecule has 1 spiro atoms. The van der Waals surface area contributed by atoms with Gasteiger partial charge >= 0.3 is 11.9 Å². The average molecular weight is 490 g/mol. The molecule has 8 nitrogen and oxygen atoms in total. The Morgan fingerprint density at radius 3 is 1.75 bits per heavy atom. The Kier molecular flexibility index (Phi) is 5.58. The van der Waals surface area contributed by atoms with Gasteiger partial charge in [0.05, 0.1) is 13.2 Å². The van der Waals surface area contributed by atoms with Crippen LogP contribution in [0.25, 0.3) is 0 Å². The van der Waals surface area contributed by atoms with Crippen LogP contribution >= 0.6 is 0 Å². The van der Waals surface area contributed by atoms with Crippen LogP contribution in [0.1, 0.15) is 63.7 Å². The molecule has 0 unspecified atom stereocenters. The zero-order valence-corrected chi connectivity index (χ0v) is 20.5. The van der Waals surface area contributed by atoms with Gasteiger partial charge in [-0.15, -0.1) is 0 Å². The summed E-state index contributed by atoms with van der Waals surface area (Å²) in [5.41, 5.74) is 0.950. The second-order valence-corrected chi connectivity index (χ2v) is 9.61. The van der Waals surface area contributed by atoms with Gasteiger partial charge in [0.25, 0.3) is 0 Å². The Bertz CT molecular complexity index is 1290. The van der Waals surface area contributed by atoms with Crippen LogP contribution in [-0.2, 0) is 49.7 Å². The summed E-state index contributed by atoms with van der Waals surface area (Å²) < 4.78 is 10.5. The molecule has 5 rings (SSSR count). The average Bonchev–Trinajstić information content (AvgIpc) is 3.33. The first kappa shape index (κ1) is 23.9. The van der Waals surface area contributed by atoms with Gasteiger partial charge < -0.3 is 14.4 Å². The third-order valence-corrected chi connectivity index (χ3v) is 7.63. The van der Waals surface area contributed by atoms with E-state index in [0.29, 0.717) is 16.7 Å². The van der Waals surface area contributed by atoms with Crippen molar-refractivity contribution < 1.29 is 33.4 Å². The van der Waals surface area contributed by atoms with Crippen LogP contribution in [0, 0.1) is 5.41 Å². The highest BCUT2D eigenvalue weighted by Crippen LogP contribution is 2.48. The molecule has 0 fully saturated rings. The lowest BCUT2D eigenvalue weighted by atomic mass is 9.80. The van der Waals surface area contributed by atoms with Gasteiger partial charge in [0.15, 0.2) is 11.6 Å². The molecule has 2 aromatic carbocycles. The van der Waals surface area contributed by atoms with Crippen LogP contribution in [-0.4, -0.2) is 53.1 Å². The highest BCUT2D eigenvalue weighted by atomic mass is 16.6. The molecule has 2 aliphatic carbocycles. The fourth-order valence-corrected chi connectivity index (χ4v) is 5.97. The summed E-state index contributed by atoms with van der Waals surface area (Å²) in [6, 6.07) is 10.7.